The van der Waals surface area contributed by atoms with Crippen LogP contribution in [-0.4, -0.2) is 10.2 Å². The predicted octanol–water partition coefficient (Wildman–Crippen LogP) is 5.49. The Kier molecular flexibility index (Phi) is 3.68. The van der Waals surface area contributed by atoms with E-state index in [-0.39, 0.29) is 5.78 Å². The number of carbonyl (C=O) groups excluding carboxylic acids is 1. The van der Waals surface area contributed by atoms with Gasteiger partial charge in [-0.05, 0) is 35.9 Å². The summed E-state index contributed by atoms with van der Waals surface area (Å²) < 4.78 is 1.94. The van der Waals surface area contributed by atoms with Gasteiger partial charge in [-0.2, -0.15) is 0 Å². The fourth-order valence-corrected chi connectivity index (χ4v) is 3.06. The van der Waals surface area contributed by atoms with Crippen LogP contribution in [0.4, 0.5) is 0 Å². The predicted molar refractivity (Wildman–Crippen MR) is 97.7 cm³/mol. The van der Waals surface area contributed by atoms with E-state index in [2.05, 4.69) is 0 Å². The summed E-state index contributed by atoms with van der Waals surface area (Å²) in [5, 5.41) is 0.679. The molecule has 0 saturated carbocycles. The van der Waals surface area contributed by atoms with Crippen molar-refractivity contribution < 1.29 is 4.79 Å². The fourth-order valence-electron chi connectivity index (χ4n) is 2.93. The van der Waals surface area contributed by atoms with Crippen LogP contribution < -0.4 is 0 Å². The SMILES string of the molecule is O=C(c1ccccc1)c1c(-c2ccc(Cl)cc2)cc2ccccn12. The number of aromatic nitrogens is 1. The highest BCUT2D eigenvalue weighted by molar-refractivity contribution is 6.30. The molecule has 0 spiro atoms. The van der Waals surface area contributed by atoms with E-state index < -0.39 is 0 Å². The van der Waals surface area contributed by atoms with Gasteiger partial charge in [-0.3, -0.25) is 4.79 Å². The van der Waals surface area contributed by atoms with Crippen molar-refractivity contribution >= 4 is 22.9 Å². The molecule has 3 heteroatoms. The molecule has 0 bridgehead atoms. The second kappa shape index (κ2) is 5.99. The van der Waals surface area contributed by atoms with Gasteiger partial charge in [-0.1, -0.05) is 60.1 Å². The lowest BCUT2D eigenvalue weighted by Crippen LogP contribution is -2.06. The molecule has 0 atom stereocenters. The molecular formula is C21H14ClNO. The fraction of sp³-hybridized carbons (Fsp3) is 0. The van der Waals surface area contributed by atoms with Crippen LogP contribution in [-0.2, 0) is 0 Å². The average Bonchev–Trinajstić information content (AvgIpc) is 3.02. The summed E-state index contributed by atoms with van der Waals surface area (Å²) in [4.78, 5) is 13.1. The Morgan fingerprint density at radius 3 is 2.29 bits per heavy atom. The van der Waals surface area contributed by atoms with E-state index in [1.165, 1.54) is 0 Å². The number of hydrogen-bond acceptors (Lipinski definition) is 1. The molecule has 4 rings (SSSR count). The van der Waals surface area contributed by atoms with Crippen molar-refractivity contribution in [2.24, 2.45) is 0 Å². The molecule has 0 radical (unpaired) electrons. The number of pyridine rings is 1. The van der Waals surface area contributed by atoms with Gasteiger partial charge in [0.15, 0.2) is 0 Å². The van der Waals surface area contributed by atoms with Crippen molar-refractivity contribution in [3.8, 4) is 11.1 Å². The van der Waals surface area contributed by atoms with Crippen LogP contribution in [0.25, 0.3) is 16.6 Å². The smallest absolute Gasteiger partial charge is 0.210 e. The van der Waals surface area contributed by atoms with Gasteiger partial charge < -0.3 is 4.40 Å². The van der Waals surface area contributed by atoms with Crippen LogP contribution in [0.2, 0.25) is 5.02 Å². The van der Waals surface area contributed by atoms with Gasteiger partial charge in [-0.25, -0.2) is 0 Å². The molecule has 0 aliphatic heterocycles. The van der Waals surface area contributed by atoms with Gasteiger partial charge in [0.1, 0.15) is 5.69 Å². The molecule has 116 valence electrons. The first kappa shape index (κ1) is 14.7. The third kappa shape index (κ3) is 2.51. The second-order valence-corrected chi connectivity index (χ2v) is 6.04. The average molecular weight is 332 g/mol. The van der Waals surface area contributed by atoms with Crippen LogP contribution >= 0.6 is 11.6 Å². The van der Waals surface area contributed by atoms with E-state index >= 15 is 0 Å². The van der Waals surface area contributed by atoms with Crippen molar-refractivity contribution in [2.45, 2.75) is 0 Å². The van der Waals surface area contributed by atoms with Gasteiger partial charge >= 0.3 is 0 Å². The molecule has 2 aromatic carbocycles. The summed E-state index contributed by atoms with van der Waals surface area (Å²) in [6, 6.07) is 24.9. The van der Waals surface area contributed by atoms with Gasteiger partial charge in [0.25, 0.3) is 0 Å². The normalized spacial score (nSPS) is 10.9. The van der Waals surface area contributed by atoms with E-state index in [1.54, 1.807) is 0 Å². The number of rotatable bonds is 3. The summed E-state index contributed by atoms with van der Waals surface area (Å²) in [6.45, 7) is 0. The third-order valence-electron chi connectivity index (χ3n) is 4.09. The zero-order valence-electron chi connectivity index (χ0n) is 12.8. The maximum absolute atomic E-state index is 13.1. The van der Waals surface area contributed by atoms with Crippen molar-refractivity contribution in [3.63, 3.8) is 0 Å². The summed E-state index contributed by atoms with van der Waals surface area (Å²) in [6.07, 6.45) is 1.92. The van der Waals surface area contributed by atoms with Crippen LogP contribution in [0.5, 0.6) is 0 Å². The monoisotopic (exact) mass is 331 g/mol. The number of ketones is 1. The molecule has 24 heavy (non-hydrogen) atoms. The second-order valence-electron chi connectivity index (χ2n) is 5.60. The highest BCUT2D eigenvalue weighted by Crippen LogP contribution is 2.30. The molecule has 2 nitrogen and oxygen atoms in total. The molecule has 0 saturated heterocycles. The Morgan fingerprint density at radius 2 is 1.54 bits per heavy atom. The number of benzene rings is 2. The Morgan fingerprint density at radius 1 is 0.833 bits per heavy atom. The molecule has 2 aromatic heterocycles. The summed E-state index contributed by atoms with van der Waals surface area (Å²) >= 11 is 6.00. The molecule has 0 amide bonds. The van der Waals surface area contributed by atoms with E-state index in [1.807, 2.05) is 89.5 Å². The molecule has 0 N–H and O–H groups in total. The van der Waals surface area contributed by atoms with Crippen LogP contribution in [0.1, 0.15) is 16.1 Å². The third-order valence-corrected chi connectivity index (χ3v) is 4.34. The van der Waals surface area contributed by atoms with Crippen molar-refractivity contribution in [1.29, 1.82) is 0 Å². The molecule has 0 aliphatic rings. The number of carbonyl (C=O) groups is 1. The van der Waals surface area contributed by atoms with Crippen LogP contribution in [0, 0.1) is 0 Å². The lowest BCUT2D eigenvalue weighted by molar-refractivity contribution is 0.103. The molecule has 2 heterocycles. The summed E-state index contributed by atoms with van der Waals surface area (Å²) in [5.41, 5.74) is 4.21. The van der Waals surface area contributed by atoms with Gasteiger partial charge in [0, 0.05) is 27.9 Å². The first-order chi connectivity index (χ1) is 11.7. The Hall–Kier alpha value is -2.84. The minimum Gasteiger partial charge on any atom is -0.313 e. The Balaban J connectivity index is 1.97. The van der Waals surface area contributed by atoms with Gasteiger partial charge in [0.2, 0.25) is 5.78 Å². The first-order valence-electron chi connectivity index (χ1n) is 7.70. The van der Waals surface area contributed by atoms with Crippen molar-refractivity contribution in [2.75, 3.05) is 0 Å². The topological polar surface area (TPSA) is 21.5 Å². The maximum atomic E-state index is 13.1. The largest absolute Gasteiger partial charge is 0.313 e. The van der Waals surface area contributed by atoms with Crippen molar-refractivity contribution in [1.82, 2.24) is 4.40 Å². The lowest BCUT2D eigenvalue weighted by Gasteiger charge is -2.07. The first-order valence-corrected chi connectivity index (χ1v) is 8.07. The number of nitrogens with zero attached hydrogens (tertiary/aromatic N) is 1. The van der Waals surface area contributed by atoms with E-state index in [0.717, 1.165) is 16.6 Å². The van der Waals surface area contributed by atoms with E-state index in [9.17, 15) is 4.79 Å². The molecule has 0 fully saturated rings. The van der Waals surface area contributed by atoms with Crippen LogP contribution in [0.15, 0.2) is 85.1 Å². The van der Waals surface area contributed by atoms with E-state index in [4.69, 9.17) is 11.6 Å². The Bertz CT molecular complexity index is 1020. The van der Waals surface area contributed by atoms with E-state index in [0.29, 0.717) is 16.3 Å². The zero-order chi connectivity index (χ0) is 16.5. The number of halogens is 1. The van der Waals surface area contributed by atoms with Crippen LogP contribution in [0.3, 0.4) is 0 Å². The van der Waals surface area contributed by atoms with Gasteiger partial charge in [-0.15, -0.1) is 0 Å². The summed E-state index contributed by atoms with van der Waals surface area (Å²) in [5.74, 6) is 0.00625. The minimum atomic E-state index is 0.00625. The molecule has 0 aliphatic carbocycles. The molecular weight excluding hydrogens is 318 g/mol. The minimum absolute atomic E-state index is 0.00625. The van der Waals surface area contributed by atoms with Gasteiger partial charge in [0.05, 0.1) is 0 Å². The highest BCUT2D eigenvalue weighted by Gasteiger charge is 2.19. The number of hydrogen-bond donors (Lipinski definition) is 0. The maximum Gasteiger partial charge on any atom is 0.210 e. The molecule has 4 aromatic rings. The zero-order valence-corrected chi connectivity index (χ0v) is 13.6. The van der Waals surface area contributed by atoms with Crippen molar-refractivity contribution in [3.05, 3.63) is 101 Å². The summed E-state index contributed by atoms with van der Waals surface area (Å²) in [7, 11) is 0. The Labute approximate surface area is 144 Å². The highest BCUT2D eigenvalue weighted by atomic mass is 35.5. The quantitative estimate of drug-likeness (QED) is 0.455. The lowest BCUT2D eigenvalue weighted by atomic mass is 10.0. The number of fused-ring (bicyclic) bond motifs is 1. The standard InChI is InChI=1S/C21H14ClNO/c22-17-11-9-15(10-12-17)19-14-18-8-4-5-13-23(18)20(19)21(24)16-6-2-1-3-7-16/h1-14H. The molecule has 0 unspecified atom stereocenters.